The fraction of sp³-hybridized carbons (Fsp3) is 0.750. The molecule has 2 unspecified atom stereocenters. The summed E-state index contributed by atoms with van der Waals surface area (Å²) in [5.74, 6) is -0.376. The van der Waals surface area contributed by atoms with Crippen LogP contribution in [-0.4, -0.2) is 24.6 Å². The average molecular weight is 506 g/mol. The average Bonchev–Trinajstić information content (AvgIpc) is 2.82. The predicted molar refractivity (Wildman–Crippen MR) is 141 cm³/mol. The maximum absolute atomic E-state index is 14.4. The minimum absolute atomic E-state index is 0.0308. The van der Waals surface area contributed by atoms with E-state index in [1.807, 2.05) is 26.0 Å². The number of nitriles is 1. The van der Waals surface area contributed by atoms with Crippen molar-refractivity contribution in [1.82, 2.24) is 0 Å². The Balaban J connectivity index is 1.71. The van der Waals surface area contributed by atoms with Crippen LogP contribution in [0.1, 0.15) is 93.4 Å². The lowest BCUT2D eigenvalue weighted by atomic mass is 9.34. The molecule has 0 bridgehead atoms. The van der Waals surface area contributed by atoms with Crippen LogP contribution in [0, 0.1) is 61.6 Å². The van der Waals surface area contributed by atoms with E-state index in [1.165, 1.54) is 7.11 Å². The number of fused-ring (bicyclic) bond motifs is 7. The second kappa shape index (κ2) is 7.67. The molecule has 0 N–H and O–H groups in total. The quantitative estimate of drug-likeness (QED) is 0.386. The molecule has 0 aliphatic heterocycles. The fourth-order valence-electron chi connectivity index (χ4n) is 10.2. The molecule has 37 heavy (non-hydrogen) atoms. The Hall–Kier alpha value is -2.22. The van der Waals surface area contributed by atoms with Gasteiger partial charge in [0.2, 0.25) is 0 Å². The summed E-state index contributed by atoms with van der Waals surface area (Å²) < 4.78 is 5.41. The molecule has 0 heterocycles. The number of ether oxygens (including phenoxy) is 1. The summed E-state index contributed by atoms with van der Waals surface area (Å²) in [6, 6.07) is 2.17. The summed E-state index contributed by atoms with van der Waals surface area (Å²) in [6.07, 6.45) is 9.65. The number of esters is 1. The summed E-state index contributed by atoms with van der Waals surface area (Å²) in [5.41, 5.74) is -1.02. The third-order valence-electron chi connectivity index (χ3n) is 12.5. The van der Waals surface area contributed by atoms with Gasteiger partial charge in [0, 0.05) is 16.7 Å². The molecule has 5 heteroatoms. The molecule has 5 aliphatic rings. The summed E-state index contributed by atoms with van der Waals surface area (Å²) in [5, 5.41) is 9.86. The number of hydrogen-bond acceptors (Lipinski definition) is 5. The standard InChI is InChI=1S/C32H43NO4/c1-27(2)11-13-32(26(36)37-8)14-12-31(7)24(20(32)17-27)21(34)15-23-29(5)16-19(18-33)25(35)28(3,4)22(29)9-10-30(23,31)6/h15-16,20,22,24H,9-14,17H2,1-8H3/t20?,22-,24?,29-,30+,31+,32-/m0/s1. The van der Waals surface area contributed by atoms with Crippen LogP contribution in [0.15, 0.2) is 23.3 Å². The highest BCUT2D eigenvalue weighted by Gasteiger charge is 2.71. The molecule has 3 saturated carbocycles. The summed E-state index contributed by atoms with van der Waals surface area (Å²) in [4.78, 5) is 40.9. The van der Waals surface area contributed by atoms with E-state index in [4.69, 9.17) is 4.74 Å². The Kier molecular flexibility index (Phi) is 5.47. The minimum atomic E-state index is -0.669. The molecule has 0 amide bonds. The highest BCUT2D eigenvalue weighted by atomic mass is 16.5. The third-order valence-corrected chi connectivity index (χ3v) is 12.5. The van der Waals surface area contributed by atoms with Gasteiger partial charge in [0.15, 0.2) is 11.6 Å². The number of allylic oxidation sites excluding steroid dienone is 4. The van der Waals surface area contributed by atoms with Gasteiger partial charge in [-0.15, -0.1) is 0 Å². The SMILES string of the molecule is COC(=O)[C@]12CCC(C)(C)CC1C1C(=O)C=C3[C@@]4(C)C=C(C#N)C(=O)C(C)(C)[C@@H]4CC[C@@]3(C)[C@]1(C)CC2. The second-order valence-corrected chi connectivity index (χ2v) is 14.9. The Morgan fingerprint density at radius 1 is 1.00 bits per heavy atom. The summed E-state index contributed by atoms with van der Waals surface area (Å²) in [7, 11) is 1.48. The van der Waals surface area contributed by atoms with E-state index in [0.29, 0.717) is 0 Å². The first kappa shape index (κ1) is 26.4. The number of hydrogen-bond donors (Lipinski definition) is 0. The third kappa shape index (κ3) is 3.11. The largest absolute Gasteiger partial charge is 0.469 e. The van der Waals surface area contributed by atoms with Crippen LogP contribution in [-0.2, 0) is 19.1 Å². The number of methoxy groups -OCH3 is 1. The molecular formula is C32H43NO4. The monoisotopic (exact) mass is 505 g/mol. The molecule has 7 atom stereocenters. The van der Waals surface area contributed by atoms with E-state index in [9.17, 15) is 19.6 Å². The first-order valence-electron chi connectivity index (χ1n) is 14.1. The number of Topliss-reactive ketones (excluding diaryl/α,β-unsaturated/α-hetero) is 1. The molecule has 5 nitrogen and oxygen atoms in total. The van der Waals surface area contributed by atoms with Crippen molar-refractivity contribution in [2.45, 2.75) is 93.4 Å². The maximum Gasteiger partial charge on any atom is 0.312 e. The van der Waals surface area contributed by atoms with Crippen molar-refractivity contribution in [2.24, 2.45) is 50.2 Å². The van der Waals surface area contributed by atoms with Crippen molar-refractivity contribution in [3.63, 3.8) is 0 Å². The van der Waals surface area contributed by atoms with Crippen molar-refractivity contribution in [3.8, 4) is 6.07 Å². The van der Waals surface area contributed by atoms with Gasteiger partial charge in [0.25, 0.3) is 0 Å². The molecule has 5 aliphatic carbocycles. The first-order chi connectivity index (χ1) is 17.0. The normalized spacial score (nSPS) is 45.6. The molecule has 3 fully saturated rings. The topological polar surface area (TPSA) is 84.2 Å². The molecule has 0 aromatic heterocycles. The molecule has 200 valence electrons. The fourth-order valence-corrected chi connectivity index (χ4v) is 10.2. The number of ketones is 2. The van der Waals surface area contributed by atoms with Crippen LogP contribution < -0.4 is 0 Å². The Bertz CT molecular complexity index is 1200. The number of nitrogens with zero attached hydrogens (tertiary/aromatic N) is 1. The molecule has 0 aromatic carbocycles. The van der Waals surface area contributed by atoms with Gasteiger partial charge < -0.3 is 4.74 Å². The van der Waals surface area contributed by atoms with Crippen molar-refractivity contribution >= 4 is 17.5 Å². The predicted octanol–water partition coefficient (Wildman–Crippen LogP) is 6.38. The second-order valence-electron chi connectivity index (χ2n) is 14.9. The van der Waals surface area contributed by atoms with Crippen LogP contribution in [0.2, 0.25) is 0 Å². The number of carbonyl (C=O) groups is 3. The highest BCUT2D eigenvalue weighted by Crippen LogP contribution is 2.74. The van der Waals surface area contributed by atoms with Crippen LogP contribution in [0.3, 0.4) is 0 Å². The van der Waals surface area contributed by atoms with Gasteiger partial charge >= 0.3 is 5.97 Å². The Morgan fingerprint density at radius 2 is 1.65 bits per heavy atom. The van der Waals surface area contributed by atoms with Crippen LogP contribution in [0.5, 0.6) is 0 Å². The molecule has 0 saturated heterocycles. The van der Waals surface area contributed by atoms with Gasteiger partial charge in [-0.3, -0.25) is 14.4 Å². The smallest absolute Gasteiger partial charge is 0.312 e. The van der Waals surface area contributed by atoms with E-state index < -0.39 is 16.2 Å². The van der Waals surface area contributed by atoms with Gasteiger partial charge in [0.05, 0.1) is 18.1 Å². The number of carbonyl (C=O) groups excluding carboxylic acids is 3. The van der Waals surface area contributed by atoms with E-state index >= 15 is 0 Å². The molecule has 5 rings (SSSR count). The minimum Gasteiger partial charge on any atom is -0.469 e. The lowest BCUT2D eigenvalue weighted by molar-refractivity contribution is -0.191. The number of rotatable bonds is 1. The molecular weight excluding hydrogens is 462 g/mol. The van der Waals surface area contributed by atoms with E-state index in [2.05, 4.69) is 40.7 Å². The van der Waals surface area contributed by atoms with E-state index in [1.54, 1.807) is 0 Å². The molecule has 0 spiro atoms. The van der Waals surface area contributed by atoms with Gasteiger partial charge in [-0.2, -0.15) is 5.26 Å². The van der Waals surface area contributed by atoms with Crippen molar-refractivity contribution in [3.05, 3.63) is 23.3 Å². The molecule has 0 aromatic rings. The van der Waals surface area contributed by atoms with Gasteiger partial charge in [-0.05, 0) is 79.1 Å². The Labute approximate surface area is 222 Å². The lowest BCUT2D eigenvalue weighted by Crippen LogP contribution is -2.65. The van der Waals surface area contributed by atoms with Crippen molar-refractivity contribution < 1.29 is 19.1 Å². The van der Waals surface area contributed by atoms with Crippen LogP contribution in [0.25, 0.3) is 0 Å². The first-order valence-corrected chi connectivity index (χ1v) is 14.1. The summed E-state index contributed by atoms with van der Waals surface area (Å²) >= 11 is 0. The van der Waals surface area contributed by atoms with Crippen LogP contribution in [0.4, 0.5) is 0 Å². The zero-order chi connectivity index (χ0) is 27.4. The highest BCUT2D eigenvalue weighted by molar-refractivity contribution is 6.04. The van der Waals surface area contributed by atoms with Gasteiger partial charge in [0.1, 0.15) is 6.07 Å². The van der Waals surface area contributed by atoms with Crippen molar-refractivity contribution in [1.29, 1.82) is 5.26 Å². The molecule has 0 radical (unpaired) electrons. The zero-order valence-corrected chi connectivity index (χ0v) is 23.9. The summed E-state index contributed by atoms with van der Waals surface area (Å²) in [6.45, 7) is 15.2. The Morgan fingerprint density at radius 3 is 2.27 bits per heavy atom. The zero-order valence-electron chi connectivity index (χ0n) is 23.9. The van der Waals surface area contributed by atoms with Gasteiger partial charge in [-0.25, -0.2) is 0 Å². The maximum atomic E-state index is 14.4. The van der Waals surface area contributed by atoms with Crippen LogP contribution >= 0.6 is 0 Å². The van der Waals surface area contributed by atoms with Gasteiger partial charge in [-0.1, -0.05) is 60.1 Å². The van der Waals surface area contributed by atoms with E-state index in [-0.39, 0.29) is 57.1 Å². The lowest BCUT2D eigenvalue weighted by Gasteiger charge is -2.68. The van der Waals surface area contributed by atoms with E-state index in [0.717, 1.165) is 50.5 Å². The van der Waals surface area contributed by atoms with Crippen molar-refractivity contribution in [2.75, 3.05) is 7.11 Å².